The molecule has 0 fully saturated rings. The Labute approximate surface area is 124 Å². The molecular weight excluding hydrogens is 305 g/mol. The van der Waals surface area contributed by atoms with E-state index in [2.05, 4.69) is 5.32 Å². The van der Waals surface area contributed by atoms with Crippen LogP contribution >= 0.6 is 0 Å². The number of nitro groups is 1. The number of carbonyl (C=O) groups is 1. The molecule has 1 amide bonds. The predicted molar refractivity (Wildman–Crippen MR) is 71.3 cm³/mol. The van der Waals surface area contributed by atoms with Crippen molar-refractivity contribution in [3.05, 3.63) is 39.4 Å². The van der Waals surface area contributed by atoms with E-state index in [1.54, 1.807) is 6.92 Å². The SMILES string of the molecule is CC(CCCO)NC(=O)c1cc([N+](=O)[O-])cc(C(F)(F)F)c1. The third kappa shape index (κ3) is 4.99. The van der Waals surface area contributed by atoms with Gasteiger partial charge in [-0.1, -0.05) is 0 Å². The van der Waals surface area contributed by atoms with E-state index < -0.39 is 33.8 Å². The maximum Gasteiger partial charge on any atom is 0.416 e. The molecule has 0 saturated carbocycles. The number of nitrogens with zero attached hydrogens (tertiary/aromatic N) is 1. The molecule has 1 atom stereocenters. The summed E-state index contributed by atoms with van der Waals surface area (Å²) in [6.07, 6.45) is -3.93. The number of nitrogens with one attached hydrogen (secondary N) is 1. The van der Waals surface area contributed by atoms with Crippen molar-refractivity contribution in [2.24, 2.45) is 0 Å². The summed E-state index contributed by atoms with van der Waals surface area (Å²) < 4.78 is 38.2. The zero-order valence-electron chi connectivity index (χ0n) is 11.7. The number of halogens is 3. The third-order valence-electron chi connectivity index (χ3n) is 2.89. The number of amides is 1. The largest absolute Gasteiger partial charge is 0.416 e. The van der Waals surface area contributed by atoms with Gasteiger partial charge >= 0.3 is 6.18 Å². The van der Waals surface area contributed by atoms with Gasteiger partial charge < -0.3 is 10.4 Å². The molecule has 2 N–H and O–H groups in total. The van der Waals surface area contributed by atoms with Crippen molar-refractivity contribution in [1.82, 2.24) is 5.32 Å². The molecule has 1 aromatic carbocycles. The Bertz CT molecular complexity index is 561. The van der Waals surface area contributed by atoms with Crippen LogP contribution in [0.15, 0.2) is 18.2 Å². The summed E-state index contributed by atoms with van der Waals surface area (Å²) in [4.78, 5) is 21.6. The minimum atomic E-state index is -4.79. The number of alkyl halides is 3. The predicted octanol–water partition coefficient (Wildman–Crippen LogP) is 2.50. The quantitative estimate of drug-likeness (QED) is 0.622. The second kappa shape index (κ2) is 7.21. The van der Waals surface area contributed by atoms with Crippen molar-refractivity contribution in [3.63, 3.8) is 0 Å². The fraction of sp³-hybridized carbons (Fsp3) is 0.462. The van der Waals surface area contributed by atoms with Gasteiger partial charge in [-0.25, -0.2) is 0 Å². The van der Waals surface area contributed by atoms with Gasteiger partial charge in [0.15, 0.2) is 0 Å². The van der Waals surface area contributed by atoms with Gasteiger partial charge in [-0.3, -0.25) is 14.9 Å². The molecule has 0 saturated heterocycles. The van der Waals surface area contributed by atoms with Crippen molar-refractivity contribution in [2.75, 3.05) is 6.61 Å². The van der Waals surface area contributed by atoms with E-state index in [1.165, 1.54) is 0 Å². The second-order valence-corrected chi connectivity index (χ2v) is 4.76. The highest BCUT2D eigenvalue weighted by Gasteiger charge is 2.33. The van der Waals surface area contributed by atoms with Crippen molar-refractivity contribution < 1.29 is 28.0 Å². The molecule has 0 bridgehead atoms. The molecule has 0 aliphatic carbocycles. The summed E-state index contributed by atoms with van der Waals surface area (Å²) in [6.45, 7) is 1.55. The number of hydrogen-bond acceptors (Lipinski definition) is 4. The molecule has 1 rings (SSSR count). The Morgan fingerprint density at radius 2 is 2.05 bits per heavy atom. The third-order valence-corrected chi connectivity index (χ3v) is 2.89. The van der Waals surface area contributed by atoms with Gasteiger partial charge in [0, 0.05) is 30.3 Å². The van der Waals surface area contributed by atoms with Crippen LogP contribution in [-0.4, -0.2) is 28.6 Å². The normalized spacial score (nSPS) is 12.8. The first-order valence-electron chi connectivity index (χ1n) is 6.43. The molecule has 0 spiro atoms. The van der Waals surface area contributed by atoms with Gasteiger partial charge in [0.1, 0.15) is 0 Å². The molecular formula is C13H15F3N2O4. The molecule has 22 heavy (non-hydrogen) atoms. The molecule has 0 aliphatic heterocycles. The number of hydrogen-bond donors (Lipinski definition) is 2. The number of aliphatic hydroxyl groups is 1. The first-order valence-corrected chi connectivity index (χ1v) is 6.43. The summed E-state index contributed by atoms with van der Waals surface area (Å²) in [5.74, 6) is -0.834. The van der Waals surface area contributed by atoms with Crippen LogP contribution in [0.3, 0.4) is 0 Å². The van der Waals surface area contributed by atoms with Gasteiger partial charge in [-0.2, -0.15) is 13.2 Å². The maximum absolute atomic E-state index is 12.7. The van der Waals surface area contributed by atoms with Gasteiger partial charge in [0.2, 0.25) is 0 Å². The smallest absolute Gasteiger partial charge is 0.396 e. The summed E-state index contributed by atoms with van der Waals surface area (Å²) in [7, 11) is 0. The first-order chi connectivity index (χ1) is 10.1. The molecule has 0 radical (unpaired) electrons. The molecule has 0 heterocycles. The van der Waals surface area contributed by atoms with Crippen LogP contribution < -0.4 is 5.32 Å². The van der Waals surface area contributed by atoms with E-state index in [-0.39, 0.29) is 12.6 Å². The highest BCUT2D eigenvalue weighted by molar-refractivity contribution is 5.95. The minimum absolute atomic E-state index is 0.0742. The minimum Gasteiger partial charge on any atom is -0.396 e. The summed E-state index contributed by atoms with van der Waals surface area (Å²) in [5.41, 5.74) is -2.49. The van der Waals surface area contributed by atoms with E-state index in [4.69, 9.17) is 5.11 Å². The summed E-state index contributed by atoms with van der Waals surface area (Å²) in [6, 6.07) is 1.37. The lowest BCUT2D eigenvalue weighted by Gasteiger charge is -2.14. The average Bonchev–Trinajstić information content (AvgIpc) is 2.43. The van der Waals surface area contributed by atoms with Crippen LogP contribution in [0.5, 0.6) is 0 Å². The zero-order valence-corrected chi connectivity index (χ0v) is 11.7. The van der Waals surface area contributed by atoms with E-state index >= 15 is 0 Å². The van der Waals surface area contributed by atoms with Crippen molar-refractivity contribution in [3.8, 4) is 0 Å². The average molecular weight is 320 g/mol. The summed E-state index contributed by atoms with van der Waals surface area (Å²) in [5, 5.41) is 21.8. The summed E-state index contributed by atoms with van der Waals surface area (Å²) >= 11 is 0. The number of nitro benzene ring substituents is 1. The Morgan fingerprint density at radius 1 is 1.41 bits per heavy atom. The zero-order chi connectivity index (χ0) is 16.9. The molecule has 122 valence electrons. The number of non-ortho nitro benzene ring substituents is 1. The molecule has 1 aromatic rings. The second-order valence-electron chi connectivity index (χ2n) is 4.76. The molecule has 6 nitrogen and oxygen atoms in total. The van der Waals surface area contributed by atoms with Crippen molar-refractivity contribution in [2.45, 2.75) is 32.0 Å². The Morgan fingerprint density at radius 3 is 2.55 bits per heavy atom. The van der Waals surface area contributed by atoms with Gasteiger partial charge in [0.25, 0.3) is 11.6 Å². The van der Waals surface area contributed by atoms with Crippen molar-refractivity contribution in [1.29, 1.82) is 0 Å². The van der Waals surface area contributed by atoms with Crippen LogP contribution in [0.1, 0.15) is 35.7 Å². The number of carbonyl (C=O) groups excluding carboxylic acids is 1. The van der Waals surface area contributed by atoms with Crippen molar-refractivity contribution >= 4 is 11.6 Å². The Balaban J connectivity index is 3.05. The van der Waals surface area contributed by atoms with Gasteiger partial charge in [0.05, 0.1) is 10.5 Å². The van der Waals surface area contributed by atoms with Gasteiger partial charge in [-0.05, 0) is 25.8 Å². The Hall–Kier alpha value is -2.16. The highest BCUT2D eigenvalue weighted by Crippen LogP contribution is 2.32. The van der Waals surface area contributed by atoms with Gasteiger partial charge in [-0.15, -0.1) is 0 Å². The number of aliphatic hydroxyl groups excluding tert-OH is 1. The van der Waals surface area contributed by atoms with E-state index in [1.807, 2.05) is 0 Å². The Kier molecular flexibility index (Phi) is 5.86. The molecule has 1 unspecified atom stereocenters. The fourth-order valence-corrected chi connectivity index (χ4v) is 1.79. The monoisotopic (exact) mass is 320 g/mol. The molecule has 0 aromatic heterocycles. The highest BCUT2D eigenvalue weighted by atomic mass is 19.4. The molecule has 0 aliphatic rings. The van der Waals surface area contributed by atoms with Crippen LogP contribution in [-0.2, 0) is 6.18 Å². The van der Waals surface area contributed by atoms with E-state index in [0.717, 1.165) is 6.07 Å². The first kappa shape index (κ1) is 17.9. The number of benzene rings is 1. The maximum atomic E-state index is 12.7. The standard InChI is InChI=1S/C13H15F3N2O4/c1-8(3-2-4-19)17-12(20)9-5-10(13(14,15)16)7-11(6-9)18(21)22/h5-8,19H,2-4H2,1H3,(H,17,20). The lowest BCUT2D eigenvalue weighted by atomic mass is 10.1. The lowest BCUT2D eigenvalue weighted by molar-refractivity contribution is -0.385. The fourth-order valence-electron chi connectivity index (χ4n) is 1.79. The van der Waals surface area contributed by atoms with E-state index in [9.17, 15) is 28.1 Å². The van der Waals surface area contributed by atoms with Crippen LogP contribution in [0.4, 0.5) is 18.9 Å². The lowest BCUT2D eigenvalue weighted by Crippen LogP contribution is -2.32. The van der Waals surface area contributed by atoms with E-state index in [0.29, 0.717) is 25.0 Å². The topological polar surface area (TPSA) is 92.5 Å². The molecule has 9 heteroatoms. The van der Waals surface area contributed by atoms with Crippen LogP contribution in [0.25, 0.3) is 0 Å². The van der Waals surface area contributed by atoms with Crippen LogP contribution in [0.2, 0.25) is 0 Å². The van der Waals surface area contributed by atoms with Crippen LogP contribution in [0, 0.1) is 10.1 Å². The number of rotatable bonds is 6.